The standard InChI is InChI=1S/C26H29F3N2O/c27-22-5-3-20(4-6-22)21-9-11-31(12-10-21)17-19-1-7-25(15-19)30-26(32)8-2-18-13-23(28)16-24(29)14-18/h2-6,8,13-14,16,19,21,25H,1,7,9-12,15,17H2,(H,30,32)/b8-2+/t19-,25+/m0/s1. The molecule has 1 aliphatic heterocycles. The number of nitrogens with one attached hydrogen (secondary N) is 1. The number of hydrogen-bond donors (Lipinski definition) is 1. The van der Waals surface area contributed by atoms with Crippen molar-refractivity contribution in [1.29, 1.82) is 0 Å². The first-order valence-corrected chi connectivity index (χ1v) is 11.4. The van der Waals surface area contributed by atoms with Crippen LogP contribution in [0.3, 0.4) is 0 Å². The van der Waals surface area contributed by atoms with Crippen molar-refractivity contribution in [2.24, 2.45) is 5.92 Å². The highest BCUT2D eigenvalue weighted by Crippen LogP contribution is 2.31. The van der Waals surface area contributed by atoms with E-state index in [4.69, 9.17) is 0 Å². The Balaban J connectivity index is 1.19. The number of piperidine rings is 1. The summed E-state index contributed by atoms with van der Waals surface area (Å²) in [6.45, 7) is 3.13. The number of carbonyl (C=O) groups is 1. The zero-order valence-electron chi connectivity index (χ0n) is 18.1. The van der Waals surface area contributed by atoms with Crippen molar-refractivity contribution in [2.75, 3.05) is 19.6 Å². The van der Waals surface area contributed by atoms with Crippen molar-refractivity contribution >= 4 is 12.0 Å². The molecular weight excluding hydrogens is 413 g/mol. The van der Waals surface area contributed by atoms with Crippen molar-refractivity contribution in [3.63, 3.8) is 0 Å². The van der Waals surface area contributed by atoms with Crippen molar-refractivity contribution in [2.45, 2.75) is 44.1 Å². The second-order valence-corrected chi connectivity index (χ2v) is 9.05. The molecule has 1 amide bonds. The van der Waals surface area contributed by atoms with Gasteiger partial charge >= 0.3 is 0 Å². The lowest BCUT2D eigenvalue weighted by Gasteiger charge is -2.33. The summed E-state index contributed by atoms with van der Waals surface area (Å²) in [4.78, 5) is 14.7. The number of rotatable bonds is 6. The molecule has 1 saturated carbocycles. The summed E-state index contributed by atoms with van der Waals surface area (Å²) in [6.07, 6.45) is 7.92. The van der Waals surface area contributed by atoms with Crippen molar-refractivity contribution in [3.05, 3.63) is 77.1 Å². The Morgan fingerprint density at radius 3 is 2.31 bits per heavy atom. The van der Waals surface area contributed by atoms with Gasteiger partial charge in [-0.3, -0.25) is 4.79 Å². The summed E-state index contributed by atoms with van der Waals surface area (Å²) in [5.74, 6) is -0.687. The summed E-state index contributed by atoms with van der Waals surface area (Å²) < 4.78 is 39.6. The van der Waals surface area contributed by atoms with E-state index < -0.39 is 11.6 Å². The van der Waals surface area contributed by atoms with Gasteiger partial charge in [0.25, 0.3) is 0 Å². The molecule has 32 heavy (non-hydrogen) atoms. The third kappa shape index (κ3) is 6.22. The molecule has 0 unspecified atom stereocenters. The van der Waals surface area contributed by atoms with Crippen LogP contribution in [0.4, 0.5) is 13.2 Å². The van der Waals surface area contributed by atoms with Crippen molar-refractivity contribution < 1.29 is 18.0 Å². The highest BCUT2D eigenvalue weighted by molar-refractivity contribution is 5.91. The van der Waals surface area contributed by atoms with Gasteiger partial charge in [0.15, 0.2) is 0 Å². The zero-order valence-corrected chi connectivity index (χ0v) is 18.1. The Kier molecular flexibility index (Phi) is 7.30. The van der Waals surface area contributed by atoms with Crippen LogP contribution in [0.2, 0.25) is 0 Å². The van der Waals surface area contributed by atoms with Crippen LogP contribution in [0.1, 0.15) is 49.1 Å². The van der Waals surface area contributed by atoms with Gasteiger partial charge in [-0.2, -0.15) is 0 Å². The average molecular weight is 443 g/mol. The number of benzene rings is 2. The van der Waals surface area contributed by atoms with Crippen LogP contribution in [0.25, 0.3) is 6.08 Å². The van der Waals surface area contributed by atoms with E-state index in [2.05, 4.69) is 10.2 Å². The Hall–Kier alpha value is -2.60. The monoisotopic (exact) mass is 442 g/mol. The average Bonchev–Trinajstić information content (AvgIpc) is 3.19. The fourth-order valence-electron chi connectivity index (χ4n) is 5.01. The molecule has 2 atom stereocenters. The summed E-state index contributed by atoms with van der Waals surface area (Å²) in [5, 5.41) is 3.02. The predicted octanol–water partition coefficient (Wildman–Crippen LogP) is 5.28. The van der Waals surface area contributed by atoms with Crippen LogP contribution < -0.4 is 5.32 Å². The van der Waals surface area contributed by atoms with Crippen molar-refractivity contribution in [3.8, 4) is 0 Å². The minimum atomic E-state index is -0.662. The number of halogens is 3. The maximum atomic E-state index is 13.2. The van der Waals surface area contributed by atoms with Crippen LogP contribution >= 0.6 is 0 Å². The van der Waals surface area contributed by atoms with Crippen LogP contribution in [0.5, 0.6) is 0 Å². The maximum Gasteiger partial charge on any atom is 0.244 e. The largest absolute Gasteiger partial charge is 0.350 e. The summed E-state index contributed by atoms with van der Waals surface area (Å²) >= 11 is 0. The molecular formula is C26H29F3N2O. The second-order valence-electron chi connectivity index (χ2n) is 9.05. The molecule has 1 aliphatic carbocycles. The molecule has 1 N–H and O–H groups in total. The topological polar surface area (TPSA) is 32.3 Å². The molecule has 0 spiro atoms. The van der Waals surface area contributed by atoms with Crippen LogP contribution in [-0.2, 0) is 4.79 Å². The fourth-order valence-corrected chi connectivity index (χ4v) is 5.01. The normalized spacial score (nSPS) is 22.5. The summed E-state index contributed by atoms with van der Waals surface area (Å²) in [7, 11) is 0. The smallest absolute Gasteiger partial charge is 0.244 e. The molecule has 6 heteroatoms. The zero-order chi connectivity index (χ0) is 22.5. The predicted molar refractivity (Wildman–Crippen MR) is 119 cm³/mol. The van der Waals surface area contributed by atoms with Gasteiger partial charge in [-0.25, -0.2) is 13.2 Å². The molecule has 2 fully saturated rings. The van der Waals surface area contributed by atoms with E-state index in [0.717, 1.165) is 57.8 Å². The molecule has 4 rings (SSSR count). The minimum Gasteiger partial charge on any atom is -0.350 e. The number of carbonyl (C=O) groups excluding carboxylic acids is 1. The van der Waals surface area contributed by atoms with Gasteiger partial charge < -0.3 is 10.2 Å². The van der Waals surface area contributed by atoms with Crippen LogP contribution in [0, 0.1) is 23.4 Å². The number of nitrogens with zero attached hydrogens (tertiary/aromatic N) is 1. The first-order chi connectivity index (χ1) is 15.4. The van der Waals surface area contributed by atoms with E-state index in [1.807, 2.05) is 12.1 Å². The first kappa shape index (κ1) is 22.6. The molecule has 0 bridgehead atoms. The molecule has 170 valence electrons. The van der Waals surface area contributed by atoms with E-state index in [0.29, 0.717) is 17.4 Å². The molecule has 2 aliphatic rings. The Morgan fingerprint density at radius 1 is 0.938 bits per heavy atom. The number of hydrogen-bond acceptors (Lipinski definition) is 2. The van der Waals surface area contributed by atoms with Gasteiger partial charge in [0, 0.05) is 24.7 Å². The molecule has 2 aromatic rings. The highest BCUT2D eigenvalue weighted by atomic mass is 19.1. The number of likely N-dealkylation sites (tertiary alicyclic amines) is 1. The van der Waals surface area contributed by atoms with Gasteiger partial charge in [-0.05, 0) is 98.5 Å². The molecule has 1 heterocycles. The van der Waals surface area contributed by atoms with Gasteiger partial charge in [0.1, 0.15) is 17.5 Å². The van der Waals surface area contributed by atoms with E-state index in [1.54, 1.807) is 12.1 Å². The number of amides is 1. The third-order valence-corrected chi connectivity index (χ3v) is 6.65. The van der Waals surface area contributed by atoms with Gasteiger partial charge in [-0.1, -0.05) is 12.1 Å². The summed E-state index contributed by atoms with van der Waals surface area (Å²) in [5.41, 5.74) is 1.55. The quantitative estimate of drug-likeness (QED) is 0.618. The lowest BCUT2D eigenvalue weighted by Crippen LogP contribution is -2.37. The van der Waals surface area contributed by atoms with E-state index in [-0.39, 0.29) is 17.8 Å². The Bertz CT molecular complexity index is 932. The van der Waals surface area contributed by atoms with E-state index >= 15 is 0 Å². The fraction of sp³-hybridized carbons (Fsp3) is 0.423. The van der Waals surface area contributed by atoms with Gasteiger partial charge in [0.05, 0.1) is 0 Å². The molecule has 0 radical (unpaired) electrons. The van der Waals surface area contributed by atoms with Crippen LogP contribution in [-0.4, -0.2) is 36.5 Å². The lowest BCUT2D eigenvalue weighted by molar-refractivity contribution is -0.117. The summed E-state index contributed by atoms with van der Waals surface area (Å²) in [6, 6.07) is 10.2. The molecule has 3 nitrogen and oxygen atoms in total. The second kappa shape index (κ2) is 10.3. The lowest BCUT2D eigenvalue weighted by atomic mass is 9.89. The van der Waals surface area contributed by atoms with Crippen LogP contribution in [0.15, 0.2) is 48.5 Å². The SMILES string of the molecule is O=C(/C=C/c1cc(F)cc(F)c1)N[C@@H]1CC[C@H](CN2CCC(c3ccc(F)cc3)CC2)C1. The first-order valence-electron chi connectivity index (χ1n) is 11.4. The van der Waals surface area contributed by atoms with E-state index in [9.17, 15) is 18.0 Å². The van der Waals surface area contributed by atoms with Crippen molar-refractivity contribution in [1.82, 2.24) is 10.2 Å². The third-order valence-electron chi connectivity index (χ3n) is 6.65. The highest BCUT2D eigenvalue weighted by Gasteiger charge is 2.29. The Morgan fingerprint density at radius 2 is 1.62 bits per heavy atom. The maximum absolute atomic E-state index is 13.2. The molecule has 2 aromatic carbocycles. The Labute approximate surface area is 187 Å². The van der Waals surface area contributed by atoms with Gasteiger partial charge in [-0.15, -0.1) is 0 Å². The molecule has 0 aromatic heterocycles. The van der Waals surface area contributed by atoms with E-state index in [1.165, 1.54) is 29.8 Å². The van der Waals surface area contributed by atoms with Gasteiger partial charge in [0.2, 0.25) is 5.91 Å². The minimum absolute atomic E-state index is 0.137. The molecule has 1 saturated heterocycles.